The molecule has 0 amide bonds. The first-order valence-corrected chi connectivity index (χ1v) is 14.2. The number of hydrogen-bond acceptors (Lipinski definition) is 5. The maximum absolute atomic E-state index is 14.0. The molecular formula is C32H26ClN3O3S. The van der Waals surface area contributed by atoms with Crippen LogP contribution in [0.25, 0.3) is 17.0 Å². The van der Waals surface area contributed by atoms with Crippen molar-refractivity contribution in [2.45, 2.75) is 26.4 Å². The summed E-state index contributed by atoms with van der Waals surface area (Å²) in [6, 6.07) is 24.9. The Kier molecular flexibility index (Phi) is 7.00. The normalized spacial score (nSPS) is 15.3. The molecular weight excluding hydrogens is 542 g/mol. The zero-order valence-corrected chi connectivity index (χ0v) is 23.6. The number of hydrogen-bond donors (Lipinski definition) is 0. The van der Waals surface area contributed by atoms with Crippen molar-refractivity contribution in [3.05, 3.63) is 138 Å². The molecule has 3 heterocycles. The zero-order chi connectivity index (χ0) is 27.8. The van der Waals surface area contributed by atoms with Gasteiger partial charge in [-0.25, -0.2) is 9.79 Å². The van der Waals surface area contributed by atoms with Gasteiger partial charge in [-0.3, -0.25) is 9.36 Å². The molecule has 8 heteroatoms. The lowest BCUT2D eigenvalue weighted by molar-refractivity contribution is -0.139. The van der Waals surface area contributed by atoms with Gasteiger partial charge in [0, 0.05) is 34.2 Å². The fourth-order valence-electron chi connectivity index (χ4n) is 5.19. The van der Waals surface area contributed by atoms with Crippen LogP contribution >= 0.6 is 22.9 Å². The number of thiazole rings is 1. The fourth-order valence-corrected chi connectivity index (χ4v) is 6.35. The second-order valence-corrected chi connectivity index (χ2v) is 11.0. The van der Waals surface area contributed by atoms with E-state index in [-0.39, 0.29) is 12.2 Å². The van der Waals surface area contributed by atoms with E-state index in [1.165, 1.54) is 11.3 Å². The van der Waals surface area contributed by atoms with Gasteiger partial charge in [-0.05, 0) is 49.2 Å². The third-order valence-electron chi connectivity index (χ3n) is 7.00. The first-order valence-electron chi connectivity index (χ1n) is 13.0. The summed E-state index contributed by atoms with van der Waals surface area (Å²) in [5.74, 6) is -0.461. The summed E-state index contributed by atoms with van der Waals surface area (Å²) < 4.78 is 9.73. The molecule has 6 nitrogen and oxygen atoms in total. The molecule has 0 saturated carbocycles. The summed E-state index contributed by atoms with van der Waals surface area (Å²) in [7, 11) is 0. The molecule has 40 heavy (non-hydrogen) atoms. The second kappa shape index (κ2) is 10.8. The van der Waals surface area contributed by atoms with Crippen molar-refractivity contribution in [1.29, 1.82) is 0 Å². The number of carbonyl (C=O) groups excluding carboxylic acids is 1. The van der Waals surface area contributed by atoms with E-state index in [1.54, 1.807) is 18.4 Å². The molecule has 5 aromatic rings. The van der Waals surface area contributed by atoms with Crippen LogP contribution in [0.2, 0.25) is 5.02 Å². The highest BCUT2D eigenvalue weighted by molar-refractivity contribution is 7.07. The number of aromatic nitrogens is 2. The van der Waals surface area contributed by atoms with Gasteiger partial charge in [-0.15, -0.1) is 0 Å². The molecule has 0 saturated heterocycles. The van der Waals surface area contributed by atoms with Crippen LogP contribution in [0.4, 0.5) is 0 Å². The number of esters is 1. The van der Waals surface area contributed by atoms with Crippen molar-refractivity contribution < 1.29 is 9.53 Å². The van der Waals surface area contributed by atoms with Gasteiger partial charge >= 0.3 is 5.97 Å². The molecule has 0 spiro atoms. The number of para-hydroxylation sites is 1. The van der Waals surface area contributed by atoms with Crippen molar-refractivity contribution in [3.8, 4) is 0 Å². The third kappa shape index (κ3) is 4.72. The van der Waals surface area contributed by atoms with Crippen LogP contribution in [0.1, 0.15) is 36.6 Å². The highest BCUT2D eigenvalue weighted by atomic mass is 35.5. The fraction of sp³-hybridized carbons (Fsp3) is 0.156. The molecule has 0 aliphatic carbocycles. The number of allylic oxidation sites excluding steroid dienone is 1. The van der Waals surface area contributed by atoms with E-state index < -0.39 is 12.0 Å². The monoisotopic (exact) mass is 567 g/mol. The summed E-state index contributed by atoms with van der Waals surface area (Å²) in [6.45, 7) is 4.47. The highest BCUT2D eigenvalue weighted by Gasteiger charge is 2.33. The molecule has 0 N–H and O–H groups in total. The zero-order valence-electron chi connectivity index (χ0n) is 22.0. The van der Waals surface area contributed by atoms with E-state index >= 15 is 0 Å². The second-order valence-electron chi connectivity index (χ2n) is 9.57. The Hall–Kier alpha value is -4.20. The van der Waals surface area contributed by atoms with Gasteiger partial charge < -0.3 is 9.30 Å². The van der Waals surface area contributed by atoms with Crippen LogP contribution in [0, 0.1) is 0 Å². The maximum Gasteiger partial charge on any atom is 0.338 e. The molecule has 6 rings (SSSR count). The van der Waals surface area contributed by atoms with E-state index in [1.807, 2.05) is 72.8 Å². The van der Waals surface area contributed by atoms with Gasteiger partial charge in [-0.1, -0.05) is 83.6 Å². The number of halogens is 1. The Labute approximate surface area is 239 Å². The Morgan fingerprint density at radius 2 is 1.77 bits per heavy atom. The average Bonchev–Trinajstić information content (AvgIpc) is 3.46. The van der Waals surface area contributed by atoms with E-state index in [0.717, 1.165) is 27.6 Å². The van der Waals surface area contributed by atoms with Crippen LogP contribution in [0.15, 0.2) is 106 Å². The lowest BCUT2D eigenvalue weighted by Gasteiger charge is -2.24. The summed E-state index contributed by atoms with van der Waals surface area (Å²) in [6.07, 6.45) is 4.00. The lowest BCUT2D eigenvalue weighted by Crippen LogP contribution is -2.39. The molecule has 200 valence electrons. The van der Waals surface area contributed by atoms with Crippen molar-refractivity contribution >= 4 is 45.9 Å². The van der Waals surface area contributed by atoms with Crippen LogP contribution in [0.3, 0.4) is 0 Å². The molecule has 1 aliphatic rings. The Balaban J connectivity index is 1.50. The Morgan fingerprint density at radius 1 is 1.05 bits per heavy atom. The minimum Gasteiger partial charge on any atom is -0.463 e. The van der Waals surface area contributed by atoms with E-state index in [9.17, 15) is 9.59 Å². The van der Waals surface area contributed by atoms with E-state index in [2.05, 4.69) is 27.9 Å². The molecule has 2 aromatic heterocycles. The Morgan fingerprint density at radius 3 is 2.52 bits per heavy atom. The third-order valence-corrected chi connectivity index (χ3v) is 8.24. The quantitative estimate of drug-likeness (QED) is 0.256. The predicted octanol–water partition coefficient (Wildman–Crippen LogP) is 5.45. The molecule has 0 radical (unpaired) electrons. The molecule has 1 unspecified atom stereocenters. The van der Waals surface area contributed by atoms with Gasteiger partial charge in [0.1, 0.15) is 0 Å². The van der Waals surface area contributed by atoms with Gasteiger partial charge in [0.15, 0.2) is 4.80 Å². The molecule has 0 bridgehead atoms. The molecule has 3 aromatic carbocycles. The van der Waals surface area contributed by atoms with Gasteiger partial charge in [0.2, 0.25) is 0 Å². The predicted molar refractivity (Wildman–Crippen MR) is 159 cm³/mol. The number of rotatable bonds is 6. The summed E-state index contributed by atoms with van der Waals surface area (Å²) in [5.41, 5.74) is 4.70. The Bertz CT molecular complexity index is 1950. The van der Waals surface area contributed by atoms with Crippen molar-refractivity contribution in [2.24, 2.45) is 4.99 Å². The van der Waals surface area contributed by atoms with Crippen LogP contribution in [-0.2, 0) is 16.1 Å². The first kappa shape index (κ1) is 26.0. The number of fused-ring (bicyclic) bond motifs is 2. The number of nitrogens with zero attached hydrogens (tertiary/aromatic N) is 3. The van der Waals surface area contributed by atoms with Crippen molar-refractivity contribution in [2.75, 3.05) is 6.61 Å². The van der Waals surface area contributed by atoms with Crippen molar-refractivity contribution in [1.82, 2.24) is 9.13 Å². The van der Waals surface area contributed by atoms with E-state index in [0.29, 0.717) is 32.2 Å². The SMILES string of the molecule is CCOC(=O)C1=C(C)N=c2sc(=Cc3cn(Cc4ccc(Cl)cc4)c4ccccc34)c(=O)n2C1c1ccccc1. The molecule has 1 atom stereocenters. The summed E-state index contributed by atoms with van der Waals surface area (Å²) in [5, 5.41) is 1.75. The number of ether oxygens (including phenoxy) is 1. The molecule has 0 fully saturated rings. The standard InChI is InChI=1S/C32H26ClN3O3S/c1-3-39-31(38)28-20(2)34-32-36(29(28)22-9-5-4-6-10-22)30(37)27(40-32)17-23-19-35(26-12-8-7-11-25(23)26)18-21-13-15-24(33)16-14-21/h4-17,19,29H,3,18H2,1-2H3. The minimum atomic E-state index is -0.620. The summed E-state index contributed by atoms with van der Waals surface area (Å²) in [4.78, 5) is 32.3. The largest absolute Gasteiger partial charge is 0.463 e. The molecule has 1 aliphatic heterocycles. The average molecular weight is 568 g/mol. The van der Waals surface area contributed by atoms with Crippen molar-refractivity contribution in [3.63, 3.8) is 0 Å². The van der Waals surface area contributed by atoms with Gasteiger partial charge in [0.05, 0.1) is 28.5 Å². The minimum absolute atomic E-state index is 0.193. The number of carbonyl (C=O) groups is 1. The van der Waals surface area contributed by atoms with Gasteiger partial charge in [-0.2, -0.15) is 0 Å². The first-order chi connectivity index (χ1) is 19.4. The number of benzene rings is 3. The maximum atomic E-state index is 14.0. The topological polar surface area (TPSA) is 65.6 Å². The van der Waals surface area contributed by atoms with Gasteiger partial charge in [0.25, 0.3) is 5.56 Å². The van der Waals surface area contributed by atoms with E-state index in [4.69, 9.17) is 16.3 Å². The lowest BCUT2D eigenvalue weighted by atomic mass is 9.96. The van der Waals surface area contributed by atoms with Crippen LogP contribution in [-0.4, -0.2) is 21.7 Å². The summed E-state index contributed by atoms with van der Waals surface area (Å²) >= 11 is 7.41. The van der Waals surface area contributed by atoms with Crippen LogP contribution < -0.4 is 14.9 Å². The highest BCUT2D eigenvalue weighted by Crippen LogP contribution is 2.30. The smallest absolute Gasteiger partial charge is 0.338 e. The van der Waals surface area contributed by atoms with Crippen LogP contribution in [0.5, 0.6) is 0 Å².